The second-order valence-corrected chi connectivity index (χ2v) is 9.26. The van der Waals surface area contributed by atoms with Crippen LogP contribution < -0.4 is 4.72 Å². The molecule has 0 bridgehead atoms. The molecule has 6 heteroatoms. The number of sulfonamides is 1. The van der Waals surface area contributed by atoms with Crippen molar-refractivity contribution in [1.29, 1.82) is 0 Å². The van der Waals surface area contributed by atoms with E-state index in [4.69, 9.17) is 0 Å². The van der Waals surface area contributed by atoms with Crippen LogP contribution in [0.3, 0.4) is 0 Å². The summed E-state index contributed by atoms with van der Waals surface area (Å²) < 4.78 is 27.9. The quantitative estimate of drug-likeness (QED) is 0.701. The Morgan fingerprint density at radius 2 is 1.69 bits per heavy atom. The Kier molecular flexibility index (Phi) is 5.27. The predicted molar refractivity (Wildman–Crippen MR) is 107 cm³/mol. The van der Waals surface area contributed by atoms with Gasteiger partial charge in [0, 0.05) is 17.0 Å². The van der Waals surface area contributed by atoms with Crippen LogP contribution in [-0.4, -0.2) is 13.4 Å². The van der Waals surface area contributed by atoms with E-state index < -0.39 is 10.0 Å². The maximum Gasteiger partial charge on any atom is 0.240 e. The van der Waals surface area contributed by atoms with Crippen LogP contribution in [0, 0.1) is 27.7 Å². The molecule has 3 rings (SSSR count). The van der Waals surface area contributed by atoms with Crippen molar-refractivity contribution < 1.29 is 8.42 Å². The molecule has 0 atom stereocenters. The Hall–Kier alpha value is -2.02. The lowest BCUT2D eigenvalue weighted by molar-refractivity contribution is 0.581. The second-order valence-electron chi connectivity index (χ2n) is 6.41. The summed E-state index contributed by atoms with van der Waals surface area (Å²) >= 11 is 1.53. The van der Waals surface area contributed by atoms with Crippen molar-refractivity contribution in [1.82, 2.24) is 9.71 Å². The topological polar surface area (TPSA) is 59.1 Å². The standard InChI is InChI=1S/C20H22N2O2S2/c1-13-9-10-17(11-15(13)3)26(23,24)21-12-19-16(4)22-20(25-19)18-8-6-5-7-14(18)2/h5-11,21H,12H2,1-4H3. The van der Waals surface area contributed by atoms with E-state index in [-0.39, 0.29) is 6.54 Å². The number of rotatable bonds is 5. The lowest BCUT2D eigenvalue weighted by Crippen LogP contribution is -2.23. The SMILES string of the molecule is Cc1ccc(S(=O)(=O)NCc2sc(-c3ccccc3C)nc2C)cc1C. The minimum absolute atomic E-state index is 0.241. The van der Waals surface area contributed by atoms with Crippen LogP contribution in [0.5, 0.6) is 0 Å². The summed E-state index contributed by atoms with van der Waals surface area (Å²) in [5.41, 5.74) is 5.14. The molecule has 0 saturated carbocycles. The Labute approximate surface area is 159 Å². The van der Waals surface area contributed by atoms with Gasteiger partial charge in [-0.1, -0.05) is 30.3 Å². The van der Waals surface area contributed by atoms with Crippen LogP contribution in [-0.2, 0) is 16.6 Å². The molecule has 3 aromatic rings. The first-order chi connectivity index (χ1) is 12.3. The molecular weight excluding hydrogens is 364 g/mol. The van der Waals surface area contributed by atoms with Crippen molar-refractivity contribution in [3.8, 4) is 10.6 Å². The molecule has 0 radical (unpaired) electrons. The Morgan fingerprint density at radius 3 is 2.38 bits per heavy atom. The van der Waals surface area contributed by atoms with Gasteiger partial charge in [0.25, 0.3) is 0 Å². The second kappa shape index (κ2) is 7.31. The fourth-order valence-electron chi connectivity index (χ4n) is 2.65. The lowest BCUT2D eigenvalue weighted by atomic mass is 10.1. The first kappa shape index (κ1) is 18.8. The van der Waals surface area contributed by atoms with Gasteiger partial charge in [0.15, 0.2) is 0 Å². The molecule has 0 aliphatic rings. The zero-order chi connectivity index (χ0) is 18.9. The van der Waals surface area contributed by atoms with E-state index in [1.807, 2.05) is 58.0 Å². The summed E-state index contributed by atoms with van der Waals surface area (Å²) in [7, 11) is -3.55. The number of hydrogen-bond donors (Lipinski definition) is 1. The third kappa shape index (κ3) is 3.87. The first-order valence-corrected chi connectivity index (χ1v) is 10.7. The maximum atomic E-state index is 12.6. The van der Waals surface area contributed by atoms with Crippen LogP contribution in [0.15, 0.2) is 47.4 Å². The van der Waals surface area contributed by atoms with Gasteiger partial charge in [0.1, 0.15) is 5.01 Å². The molecule has 0 aliphatic carbocycles. The molecule has 0 spiro atoms. The van der Waals surface area contributed by atoms with Crippen molar-refractivity contribution in [2.75, 3.05) is 0 Å². The molecule has 2 aromatic carbocycles. The zero-order valence-electron chi connectivity index (χ0n) is 15.3. The Balaban J connectivity index is 1.81. The monoisotopic (exact) mass is 386 g/mol. The number of benzene rings is 2. The van der Waals surface area contributed by atoms with Crippen LogP contribution >= 0.6 is 11.3 Å². The number of aryl methyl sites for hydroxylation is 4. The highest BCUT2D eigenvalue weighted by atomic mass is 32.2. The highest BCUT2D eigenvalue weighted by molar-refractivity contribution is 7.89. The van der Waals surface area contributed by atoms with Crippen molar-refractivity contribution in [3.05, 3.63) is 69.7 Å². The van der Waals surface area contributed by atoms with Crippen LogP contribution in [0.2, 0.25) is 0 Å². The van der Waals surface area contributed by atoms with Crippen LogP contribution in [0.25, 0.3) is 10.6 Å². The van der Waals surface area contributed by atoms with Crippen molar-refractivity contribution >= 4 is 21.4 Å². The Morgan fingerprint density at radius 1 is 0.962 bits per heavy atom. The van der Waals surface area contributed by atoms with Crippen LogP contribution in [0.1, 0.15) is 27.3 Å². The molecule has 136 valence electrons. The third-order valence-electron chi connectivity index (χ3n) is 4.48. The largest absolute Gasteiger partial charge is 0.241 e. The number of nitrogens with zero attached hydrogens (tertiary/aromatic N) is 1. The molecule has 0 saturated heterocycles. The van der Waals surface area contributed by atoms with E-state index in [2.05, 4.69) is 9.71 Å². The van der Waals surface area contributed by atoms with Crippen molar-refractivity contribution in [3.63, 3.8) is 0 Å². The lowest BCUT2D eigenvalue weighted by Gasteiger charge is -2.08. The molecule has 0 unspecified atom stereocenters. The van der Waals surface area contributed by atoms with E-state index in [1.165, 1.54) is 11.3 Å². The summed E-state index contributed by atoms with van der Waals surface area (Å²) in [5, 5.41) is 0.918. The fourth-order valence-corrected chi connectivity index (χ4v) is 4.91. The van der Waals surface area contributed by atoms with Gasteiger partial charge in [-0.2, -0.15) is 0 Å². The van der Waals surface area contributed by atoms with E-state index in [0.717, 1.165) is 37.8 Å². The number of nitrogens with one attached hydrogen (secondary N) is 1. The van der Waals surface area contributed by atoms with Crippen molar-refractivity contribution in [2.45, 2.75) is 39.1 Å². The van der Waals surface area contributed by atoms with Crippen molar-refractivity contribution in [2.24, 2.45) is 0 Å². The summed E-state index contributed by atoms with van der Waals surface area (Å²) in [6.07, 6.45) is 0. The van der Waals surface area contributed by atoms with Gasteiger partial charge in [-0.25, -0.2) is 18.1 Å². The molecule has 0 amide bonds. The number of aromatic nitrogens is 1. The Bertz CT molecular complexity index is 1050. The van der Waals surface area contributed by atoms with Gasteiger partial charge in [-0.3, -0.25) is 0 Å². The molecular formula is C20H22N2O2S2. The summed E-state index contributed by atoms with van der Waals surface area (Å²) in [5.74, 6) is 0. The zero-order valence-corrected chi connectivity index (χ0v) is 17.0. The minimum atomic E-state index is -3.55. The highest BCUT2D eigenvalue weighted by Gasteiger charge is 2.17. The predicted octanol–water partition coefficient (Wildman–Crippen LogP) is 4.52. The first-order valence-electron chi connectivity index (χ1n) is 8.37. The van der Waals surface area contributed by atoms with Crippen LogP contribution in [0.4, 0.5) is 0 Å². The molecule has 1 N–H and O–H groups in total. The van der Waals surface area contributed by atoms with Gasteiger partial charge in [-0.15, -0.1) is 11.3 Å². The maximum absolute atomic E-state index is 12.6. The molecule has 0 aliphatic heterocycles. The van der Waals surface area contributed by atoms with E-state index in [0.29, 0.717) is 4.90 Å². The molecule has 1 heterocycles. The number of hydrogen-bond acceptors (Lipinski definition) is 4. The average molecular weight is 387 g/mol. The molecule has 1 aromatic heterocycles. The van der Waals surface area contributed by atoms with Gasteiger partial charge in [0.05, 0.1) is 10.6 Å². The van der Waals surface area contributed by atoms with Gasteiger partial charge in [0.2, 0.25) is 10.0 Å². The normalized spacial score (nSPS) is 11.7. The number of thiazole rings is 1. The molecule has 4 nitrogen and oxygen atoms in total. The molecule has 0 fully saturated rings. The van der Waals surface area contributed by atoms with Gasteiger partial charge in [-0.05, 0) is 56.5 Å². The van der Waals surface area contributed by atoms with E-state index in [9.17, 15) is 8.42 Å². The van der Waals surface area contributed by atoms with E-state index >= 15 is 0 Å². The van der Waals surface area contributed by atoms with Gasteiger partial charge >= 0.3 is 0 Å². The summed E-state index contributed by atoms with van der Waals surface area (Å²) in [4.78, 5) is 5.84. The minimum Gasteiger partial charge on any atom is -0.241 e. The smallest absolute Gasteiger partial charge is 0.240 e. The summed E-state index contributed by atoms with van der Waals surface area (Å²) in [6, 6.07) is 13.3. The third-order valence-corrected chi connectivity index (χ3v) is 7.07. The van der Waals surface area contributed by atoms with E-state index in [1.54, 1.807) is 12.1 Å². The fraction of sp³-hybridized carbons (Fsp3) is 0.250. The van der Waals surface area contributed by atoms with Gasteiger partial charge < -0.3 is 0 Å². The highest BCUT2D eigenvalue weighted by Crippen LogP contribution is 2.30. The average Bonchev–Trinajstić information content (AvgIpc) is 2.96. The summed E-state index contributed by atoms with van der Waals surface area (Å²) in [6.45, 7) is 8.08. The molecule has 26 heavy (non-hydrogen) atoms.